The fourth-order valence-electron chi connectivity index (χ4n) is 2.83. The highest BCUT2D eigenvalue weighted by molar-refractivity contribution is 7.12. The predicted molar refractivity (Wildman–Crippen MR) is 85.0 cm³/mol. The van der Waals surface area contributed by atoms with Gasteiger partial charge < -0.3 is 4.98 Å². The van der Waals surface area contributed by atoms with Crippen molar-refractivity contribution in [2.24, 2.45) is 5.10 Å². The number of H-pyrrole nitrogens is 1. The average molecular weight is 311 g/mol. The van der Waals surface area contributed by atoms with E-state index < -0.39 is 0 Å². The van der Waals surface area contributed by atoms with Crippen molar-refractivity contribution in [3.8, 4) is 0 Å². The Bertz CT molecular complexity index is 828. The molecule has 5 nitrogen and oxygen atoms in total. The minimum Gasteiger partial charge on any atom is -0.358 e. The van der Waals surface area contributed by atoms with Crippen molar-refractivity contribution < 1.29 is 9.59 Å². The monoisotopic (exact) mass is 311 g/mol. The Morgan fingerprint density at radius 3 is 2.95 bits per heavy atom. The Hall–Kier alpha value is -2.47. The number of Topliss-reactive ketones (excluding diaryl/α,β-unsaturated/α-hetero) is 1. The lowest BCUT2D eigenvalue weighted by Crippen LogP contribution is -2.13. The van der Waals surface area contributed by atoms with Crippen LogP contribution >= 0.6 is 11.3 Å². The van der Waals surface area contributed by atoms with E-state index in [-0.39, 0.29) is 11.7 Å². The zero-order valence-corrected chi connectivity index (χ0v) is 12.5. The molecule has 0 aromatic carbocycles. The summed E-state index contributed by atoms with van der Waals surface area (Å²) in [5.41, 5.74) is 6.18. The van der Waals surface area contributed by atoms with E-state index in [1.165, 1.54) is 11.3 Å². The minimum absolute atomic E-state index is 0.171. The molecule has 0 atom stereocenters. The van der Waals surface area contributed by atoms with Crippen LogP contribution in [0, 0.1) is 0 Å². The molecule has 0 unspecified atom stereocenters. The summed E-state index contributed by atoms with van der Waals surface area (Å²) in [4.78, 5) is 28.1. The number of hydrazone groups is 1. The molecule has 2 aromatic heterocycles. The molecule has 4 rings (SSSR count). The van der Waals surface area contributed by atoms with Crippen LogP contribution in [0.2, 0.25) is 0 Å². The third kappa shape index (κ3) is 2.12. The quantitative estimate of drug-likeness (QED) is 0.836. The number of aryl methyl sites for hydroxylation is 1. The number of carbonyl (C=O) groups is 2. The van der Waals surface area contributed by atoms with Gasteiger partial charge in [-0.3, -0.25) is 9.59 Å². The molecule has 0 spiro atoms. The topological polar surface area (TPSA) is 74.3 Å². The number of fused-ring (bicyclic) bond motifs is 1. The molecule has 2 aliphatic rings. The van der Waals surface area contributed by atoms with E-state index in [0.29, 0.717) is 17.7 Å². The van der Waals surface area contributed by atoms with Crippen molar-refractivity contribution in [3.05, 3.63) is 51.0 Å². The predicted octanol–water partition coefficient (Wildman–Crippen LogP) is 2.51. The Morgan fingerprint density at radius 1 is 1.27 bits per heavy atom. The molecule has 1 amide bonds. The Balaban J connectivity index is 1.74. The molecule has 22 heavy (non-hydrogen) atoms. The highest BCUT2D eigenvalue weighted by Gasteiger charge is 2.26. The Kier molecular flexibility index (Phi) is 3.04. The van der Waals surface area contributed by atoms with Crippen molar-refractivity contribution in [3.63, 3.8) is 0 Å². The van der Waals surface area contributed by atoms with Gasteiger partial charge in [0, 0.05) is 23.4 Å². The first-order valence-corrected chi connectivity index (χ1v) is 7.99. The fourth-order valence-corrected chi connectivity index (χ4v) is 3.56. The van der Waals surface area contributed by atoms with E-state index in [0.717, 1.165) is 34.7 Å². The fraction of sp³-hybridized carbons (Fsp3) is 0.188. The number of rotatable bonds is 2. The summed E-state index contributed by atoms with van der Waals surface area (Å²) < 4.78 is 0. The number of amides is 1. The zero-order chi connectivity index (χ0) is 15.1. The highest BCUT2D eigenvalue weighted by atomic mass is 32.1. The largest absolute Gasteiger partial charge is 0.358 e. The summed E-state index contributed by atoms with van der Waals surface area (Å²) in [5.74, 6) is -0.0486. The second-order valence-electron chi connectivity index (χ2n) is 5.33. The number of hydrogen-bond donors (Lipinski definition) is 2. The summed E-state index contributed by atoms with van der Waals surface area (Å²) in [7, 11) is 0. The normalized spacial score (nSPS) is 19.3. The summed E-state index contributed by atoms with van der Waals surface area (Å²) in [6.45, 7) is 0. The Labute approximate surface area is 130 Å². The van der Waals surface area contributed by atoms with E-state index in [1.807, 2.05) is 23.6 Å². The van der Waals surface area contributed by atoms with E-state index in [2.05, 4.69) is 15.5 Å². The van der Waals surface area contributed by atoms with Crippen LogP contribution in [-0.4, -0.2) is 22.4 Å². The third-order valence-electron chi connectivity index (χ3n) is 3.87. The lowest BCUT2D eigenvalue weighted by Gasteiger charge is -2.08. The summed E-state index contributed by atoms with van der Waals surface area (Å²) in [6, 6.07) is 5.69. The number of nitrogens with zero attached hydrogens (tertiary/aromatic N) is 1. The number of aromatic nitrogens is 1. The smallest absolute Gasteiger partial charge is 0.273 e. The maximum absolute atomic E-state index is 12.0. The first-order chi connectivity index (χ1) is 10.7. The van der Waals surface area contributed by atoms with Crippen LogP contribution in [-0.2, 0) is 11.2 Å². The standard InChI is InChI=1S/C16H13N3O2S/c20-13-4-1-3-12-10(13)7-9(17-12)8-11-15(18-19-16(11)21)14-5-2-6-22-14/h2,5-8,17H,1,3-4H2,(H,19,21). The Morgan fingerprint density at radius 2 is 2.18 bits per heavy atom. The van der Waals surface area contributed by atoms with Crippen molar-refractivity contribution in [2.75, 3.05) is 0 Å². The van der Waals surface area contributed by atoms with Gasteiger partial charge in [0.1, 0.15) is 5.71 Å². The molecule has 1 aliphatic heterocycles. The van der Waals surface area contributed by atoms with Crippen molar-refractivity contribution in [2.45, 2.75) is 19.3 Å². The molecular formula is C16H13N3O2S. The van der Waals surface area contributed by atoms with Gasteiger partial charge in [0.15, 0.2) is 5.78 Å². The van der Waals surface area contributed by atoms with Gasteiger partial charge in [-0.15, -0.1) is 11.3 Å². The molecule has 2 aromatic rings. The van der Waals surface area contributed by atoms with Gasteiger partial charge in [0.2, 0.25) is 0 Å². The number of hydrogen-bond acceptors (Lipinski definition) is 4. The van der Waals surface area contributed by atoms with Crippen LogP contribution in [0.3, 0.4) is 0 Å². The number of ketones is 1. The summed E-state index contributed by atoms with van der Waals surface area (Å²) >= 11 is 1.54. The molecule has 6 heteroatoms. The van der Waals surface area contributed by atoms with Gasteiger partial charge in [0.25, 0.3) is 5.91 Å². The second-order valence-corrected chi connectivity index (χ2v) is 6.28. The number of aromatic amines is 1. The third-order valence-corrected chi connectivity index (χ3v) is 4.75. The van der Waals surface area contributed by atoms with Crippen molar-refractivity contribution >= 4 is 34.8 Å². The maximum atomic E-state index is 12.0. The molecule has 0 saturated carbocycles. The van der Waals surface area contributed by atoms with E-state index >= 15 is 0 Å². The van der Waals surface area contributed by atoms with Gasteiger partial charge in [-0.05, 0) is 36.4 Å². The molecule has 3 heterocycles. The van der Waals surface area contributed by atoms with Crippen LogP contribution in [0.1, 0.15) is 39.5 Å². The minimum atomic E-state index is -0.220. The van der Waals surface area contributed by atoms with E-state index in [1.54, 1.807) is 6.08 Å². The van der Waals surface area contributed by atoms with Gasteiger partial charge in [-0.2, -0.15) is 5.10 Å². The first-order valence-electron chi connectivity index (χ1n) is 7.11. The molecule has 1 aliphatic carbocycles. The molecule has 110 valence electrons. The molecule has 2 N–H and O–H groups in total. The summed E-state index contributed by atoms with van der Waals surface area (Å²) in [6.07, 6.45) is 4.13. The van der Waals surface area contributed by atoms with Crippen LogP contribution in [0.15, 0.2) is 34.3 Å². The number of carbonyl (C=O) groups excluding carboxylic acids is 2. The first kappa shape index (κ1) is 13.2. The molecule has 0 fully saturated rings. The van der Waals surface area contributed by atoms with Gasteiger partial charge in [-0.1, -0.05) is 6.07 Å². The van der Waals surface area contributed by atoms with Crippen molar-refractivity contribution in [1.29, 1.82) is 0 Å². The molecule has 0 saturated heterocycles. The zero-order valence-electron chi connectivity index (χ0n) is 11.7. The van der Waals surface area contributed by atoms with Crippen LogP contribution in [0.4, 0.5) is 0 Å². The van der Waals surface area contributed by atoms with Gasteiger partial charge in [-0.25, -0.2) is 5.43 Å². The number of nitrogens with one attached hydrogen (secondary N) is 2. The lowest BCUT2D eigenvalue weighted by molar-refractivity contribution is -0.116. The van der Waals surface area contributed by atoms with Gasteiger partial charge in [0.05, 0.1) is 10.5 Å². The molecule has 0 bridgehead atoms. The maximum Gasteiger partial charge on any atom is 0.273 e. The second kappa shape index (κ2) is 5.06. The lowest BCUT2D eigenvalue weighted by atomic mass is 9.97. The van der Waals surface area contributed by atoms with Crippen LogP contribution in [0.5, 0.6) is 0 Å². The average Bonchev–Trinajstić information content (AvgIpc) is 3.20. The van der Waals surface area contributed by atoms with Gasteiger partial charge >= 0.3 is 0 Å². The van der Waals surface area contributed by atoms with Crippen LogP contribution in [0.25, 0.3) is 6.08 Å². The van der Waals surface area contributed by atoms with Crippen molar-refractivity contribution in [1.82, 2.24) is 10.4 Å². The molecule has 0 radical (unpaired) electrons. The molecular weight excluding hydrogens is 298 g/mol. The van der Waals surface area contributed by atoms with Crippen LogP contribution < -0.4 is 5.43 Å². The summed E-state index contributed by atoms with van der Waals surface area (Å²) in [5, 5.41) is 6.06. The number of thiophene rings is 1. The van der Waals surface area contributed by atoms with E-state index in [9.17, 15) is 9.59 Å². The highest BCUT2D eigenvalue weighted by Crippen LogP contribution is 2.25. The SMILES string of the molecule is O=C1NN=C(c2cccs2)C1=Cc1cc2c([nH]1)CCCC2=O. The van der Waals surface area contributed by atoms with E-state index in [4.69, 9.17) is 0 Å².